The van der Waals surface area contributed by atoms with Crippen LogP contribution in [-0.2, 0) is 9.53 Å². The number of nitrogens with zero attached hydrogens (tertiary/aromatic N) is 1. The van der Waals surface area contributed by atoms with Crippen LogP contribution in [0.3, 0.4) is 0 Å². The number of carbonyl (C=O) groups excluding carboxylic acids is 2. The van der Waals surface area contributed by atoms with E-state index in [1.54, 1.807) is 12.0 Å². The van der Waals surface area contributed by atoms with E-state index < -0.39 is 23.6 Å². The van der Waals surface area contributed by atoms with Gasteiger partial charge in [0.2, 0.25) is 5.91 Å². The quantitative estimate of drug-likeness (QED) is 0.447. The van der Waals surface area contributed by atoms with Crippen LogP contribution in [0.25, 0.3) is 0 Å². The van der Waals surface area contributed by atoms with Crippen molar-refractivity contribution in [2.75, 3.05) is 40.0 Å². The second-order valence-corrected chi connectivity index (χ2v) is 9.96. The van der Waals surface area contributed by atoms with Crippen molar-refractivity contribution in [1.82, 2.24) is 15.5 Å². The number of hydrogen-bond donors (Lipinski definition) is 2. The van der Waals surface area contributed by atoms with Gasteiger partial charge in [0, 0.05) is 30.6 Å². The number of halogens is 2. The van der Waals surface area contributed by atoms with Gasteiger partial charge in [-0.3, -0.25) is 9.59 Å². The molecule has 1 aliphatic heterocycles. The zero-order valence-corrected chi connectivity index (χ0v) is 21.4. The third-order valence-corrected chi connectivity index (χ3v) is 7.31. The first-order valence-corrected chi connectivity index (χ1v) is 12.8. The van der Waals surface area contributed by atoms with E-state index in [0.29, 0.717) is 51.1 Å². The van der Waals surface area contributed by atoms with Gasteiger partial charge in [-0.2, -0.15) is 0 Å². The monoisotopic (exact) mass is 515 g/mol. The average Bonchev–Trinajstić information content (AvgIpc) is 3.58. The molecule has 2 aromatic rings. The molecule has 0 aromatic heterocycles. The topological polar surface area (TPSA) is 79.9 Å². The maximum Gasteiger partial charge on any atom is 0.254 e. The largest absolute Gasteiger partial charge is 0.497 e. The molecular formula is C28H35F2N3O4. The summed E-state index contributed by atoms with van der Waals surface area (Å²) in [4.78, 5) is 27.6. The van der Waals surface area contributed by atoms with Crippen LogP contribution in [0.4, 0.5) is 8.78 Å². The number of carbonyl (C=O) groups is 2. The Morgan fingerprint density at radius 3 is 2.54 bits per heavy atom. The number of morpholine rings is 1. The molecule has 1 aliphatic carbocycles. The summed E-state index contributed by atoms with van der Waals surface area (Å²) in [6.07, 6.45) is 2.99. The van der Waals surface area contributed by atoms with E-state index >= 15 is 0 Å². The third-order valence-electron chi connectivity index (χ3n) is 7.31. The normalized spacial score (nSPS) is 21.8. The standard InChI is InChI=1S/C28H35F2N3O4/c1-28(18-23(28)19-6-9-21(36-2)10-7-19)31-12-4-3-5-25(27(35)33-13-15-37-16-14-33)32-26(34)22-11-8-20(29)17-24(22)30/h6-11,17,23,25,31H,3-5,12-16,18H2,1-2H3,(H,32,34)/t23-,25-,28?/m0/s1. The molecule has 1 saturated heterocycles. The summed E-state index contributed by atoms with van der Waals surface area (Å²) in [5.74, 6) is -1.37. The Bertz CT molecular complexity index is 1090. The summed E-state index contributed by atoms with van der Waals surface area (Å²) in [5.41, 5.74) is 1.03. The van der Waals surface area contributed by atoms with Gasteiger partial charge in [-0.25, -0.2) is 8.78 Å². The predicted molar refractivity (Wildman–Crippen MR) is 136 cm³/mol. The minimum absolute atomic E-state index is 0.0337. The number of methoxy groups -OCH3 is 1. The lowest BCUT2D eigenvalue weighted by Gasteiger charge is -2.31. The smallest absolute Gasteiger partial charge is 0.254 e. The van der Waals surface area contributed by atoms with Crippen molar-refractivity contribution in [3.63, 3.8) is 0 Å². The highest BCUT2D eigenvalue weighted by atomic mass is 19.1. The zero-order valence-electron chi connectivity index (χ0n) is 21.4. The Hall–Kier alpha value is -3.04. The van der Waals surface area contributed by atoms with Crippen LogP contribution in [0.5, 0.6) is 5.75 Å². The summed E-state index contributed by atoms with van der Waals surface area (Å²) >= 11 is 0. The first-order chi connectivity index (χ1) is 17.8. The van der Waals surface area contributed by atoms with Gasteiger partial charge in [0.1, 0.15) is 23.4 Å². The second kappa shape index (κ2) is 12.0. The Labute approximate surface area is 216 Å². The van der Waals surface area contributed by atoms with Gasteiger partial charge in [0.15, 0.2) is 0 Å². The molecule has 37 heavy (non-hydrogen) atoms. The van der Waals surface area contributed by atoms with Crippen molar-refractivity contribution in [3.8, 4) is 5.75 Å². The maximum absolute atomic E-state index is 14.1. The molecule has 2 fully saturated rings. The van der Waals surface area contributed by atoms with Crippen LogP contribution in [0, 0.1) is 11.6 Å². The minimum Gasteiger partial charge on any atom is -0.497 e. The lowest BCUT2D eigenvalue weighted by molar-refractivity contribution is -0.137. The molecule has 2 amide bonds. The molecule has 4 rings (SSSR count). The fourth-order valence-corrected chi connectivity index (χ4v) is 4.90. The lowest BCUT2D eigenvalue weighted by atomic mass is 10.1. The first kappa shape index (κ1) is 27.0. The Morgan fingerprint density at radius 2 is 1.86 bits per heavy atom. The van der Waals surface area contributed by atoms with E-state index in [0.717, 1.165) is 37.3 Å². The summed E-state index contributed by atoms with van der Waals surface area (Å²) in [6, 6.07) is 10.2. The number of amides is 2. The highest BCUT2D eigenvalue weighted by molar-refractivity contribution is 5.97. The molecule has 3 atom stereocenters. The van der Waals surface area contributed by atoms with Crippen molar-refractivity contribution in [3.05, 3.63) is 65.2 Å². The molecule has 1 unspecified atom stereocenters. The van der Waals surface area contributed by atoms with Crippen LogP contribution >= 0.6 is 0 Å². The Balaban J connectivity index is 1.29. The molecule has 2 aliphatic rings. The summed E-state index contributed by atoms with van der Waals surface area (Å²) < 4.78 is 38.0. The lowest BCUT2D eigenvalue weighted by Crippen LogP contribution is -2.51. The average molecular weight is 516 g/mol. The second-order valence-electron chi connectivity index (χ2n) is 9.96. The van der Waals surface area contributed by atoms with E-state index in [1.807, 2.05) is 12.1 Å². The SMILES string of the molecule is COc1ccc([C@@H]2CC2(C)NCCCC[C@H](NC(=O)c2ccc(F)cc2F)C(=O)N2CCOCC2)cc1. The van der Waals surface area contributed by atoms with Crippen molar-refractivity contribution < 1.29 is 27.8 Å². The molecule has 7 nitrogen and oxygen atoms in total. The minimum atomic E-state index is -0.955. The molecular weight excluding hydrogens is 480 g/mol. The molecule has 2 N–H and O–H groups in total. The van der Waals surface area contributed by atoms with E-state index in [2.05, 4.69) is 29.7 Å². The highest BCUT2D eigenvalue weighted by Gasteiger charge is 2.50. The molecule has 1 heterocycles. The van der Waals surface area contributed by atoms with E-state index in [9.17, 15) is 18.4 Å². The number of ether oxygens (including phenoxy) is 2. The first-order valence-electron chi connectivity index (χ1n) is 12.8. The van der Waals surface area contributed by atoms with Gasteiger partial charge in [0.25, 0.3) is 5.91 Å². The number of rotatable bonds is 11. The van der Waals surface area contributed by atoms with E-state index in [4.69, 9.17) is 9.47 Å². The van der Waals surface area contributed by atoms with E-state index in [-0.39, 0.29) is 17.0 Å². The number of nitrogens with one attached hydrogen (secondary N) is 2. The molecule has 0 spiro atoms. The van der Waals surface area contributed by atoms with Crippen LogP contribution < -0.4 is 15.4 Å². The van der Waals surface area contributed by atoms with Gasteiger partial charge in [0.05, 0.1) is 25.9 Å². The summed E-state index contributed by atoms with van der Waals surface area (Å²) in [7, 11) is 1.66. The molecule has 9 heteroatoms. The highest BCUT2D eigenvalue weighted by Crippen LogP contribution is 2.51. The van der Waals surface area contributed by atoms with Gasteiger partial charge >= 0.3 is 0 Å². The van der Waals surface area contributed by atoms with Crippen LogP contribution in [0.2, 0.25) is 0 Å². The predicted octanol–water partition coefficient (Wildman–Crippen LogP) is 3.64. The number of unbranched alkanes of at least 4 members (excludes halogenated alkanes) is 1. The molecule has 1 saturated carbocycles. The van der Waals surface area contributed by atoms with Crippen LogP contribution in [0.1, 0.15) is 54.4 Å². The fourth-order valence-electron chi connectivity index (χ4n) is 4.90. The third kappa shape index (κ3) is 6.84. The Morgan fingerprint density at radius 1 is 1.14 bits per heavy atom. The molecule has 0 radical (unpaired) electrons. The van der Waals surface area contributed by atoms with Gasteiger partial charge in [-0.05, 0) is 69.0 Å². The van der Waals surface area contributed by atoms with Crippen molar-refractivity contribution in [1.29, 1.82) is 0 Å². The van der Waals surface area contributed by atoms with Crippen molar-refractivity contribution in [2.24, 2.45) is 0 Å². The van der Waals surface area contributed by atoms with Crippen molar-refractivity contribution in [2.45, 2.75) is 50.1 Å². The summed E-state index contributed by atoms with van der Waals surface area (Å²) in [5, 5.41) is 6.32. The van der Waals surface area contributed by atoms with E-state index in [1.165, 1.54) is 5.56 Å². The van der Waals surface area contributed by atoms with Crippen LogP contribution in [-0.4, -0.2) is 68.3 Å². The molecule has 2 aromatic carbocycles. The molecule has 200 valence electrons. The maximum atomic E-state index is 14.1. The summed E-state index contributed by atoms with van der Waals surface area (Å²) in [6.45, 7) is 4.77. The fraction of sp³-hybridized carbons (Fsp3) is 0.500. The van der Waals surface area contributed by atoms with Gasteiger partial charge in [-0.1, -0.05) is 12.1 Å². The van der Waals surface area contributed by atoms with Gasteiger partial charge in [-0.15, -0.1) is 0 Å². The zero-order chi connectivity index (χ0) is 26.4. The van der Waals surface area contributed by atoms with Crippen molar-refractivity contribution >= 4 is 11.8 Å². The Kier molecular flexibility index (Phi) is 8.76. The number of benzene rings is 2. The van der Waals surface area contributed by atoms with Gasteiger partial charge < -0.3 is 25.0 Å². The van der Waals surface area contributed by atoms with Crippen LogP contribution in [0.15, 0.2) is 42.5 Å². The molecule has 0 bridgehead atoms. The number of hydrogen-bond acceptors (Lipinski definition) is 5.